The van der Waals surface area contributed by atoms with Gasteiger partial charge in [-0.15, -0.1) is 0 Å². The predicted molar refractivity (Wildman–Crippen MR) is 70.6 cm³/mol. The number of aryl methyl sites for hydroxylation is 1. The zero-order valence-electron chi connectivity index (χ0n) is 11.7. The number of nitrogens with zero attached hydrogens (tertiary/aromatic N) is 3. The first kappa shape index (κ1) is 14.0. The second-order valence-corrected chi connectivity index (χ2v) is 5.05. The van der Waals surface area contributed by atoms with E-state index < -0.39 is 0 Å². The van der Waals surface area contributed by atoms with E-state index >= 15 is 0 Å². The molecule has 19 heavy (non-hydrogen) atoms. The van der Waals surface area contributed by atoms with E-state index in [4.69, 9.17) is 4.52 Å². The molecular weight excluding hydrogens is 244 g/mol. The van der Waals surface area contributed by atoms with Crippen LogP contribution in [-0.4, -0.2) is 46.6 Å². The Bertz CT molecular complexity index is 413. The Morgan fingerprint density at radius 2 is 2.16 bits per heavy atom. The highest BCUT2D eigenvalue weighted by molar-refractivity contribution is 5.81. The summed E-state index contributed by atoms with van der Waals surface area (Å²) in [5.41, 5.74) is 0. The van der Waals surface area contributed by atoms with Gasteiger partial charge in [0, 0.05) is 26.1 Å². The van der Waals surface area contributed by atoms with Crippen LogP contribution in [0.2, 0.25) is 0 Å². The molecule has 1 saturated heterocycles. The van der Waals surface area contributed by atoms with Gasteiger partial charge >= 0.3 is 0 Å². The number of carbonyl (C=O) groups excluding carboxylic acids is 1. The minimum Gasteiger partial charge on any atom is -0.341 e. The van der Waals surface area contributed by atoms with Crippen LogP contribution in [0.4, 0.5) is 0 Å². The van der Waals surface area contributed by atoms with Crippen molar-refractivity contribution in [2.75, 3.05) is 19.6 Å². The topological polar surface area (TPSA) is 71.3 Å². The van der Waals surface area contributed by atoms with Crippen molar-refractivity contribution in [3.63, 3.8) is 0 Å². The molecule has 1 fully saturated rings. The third-order valence-corrected chi connectivity index (χ3v) is 3.40. The number of hydrogen-bond acceptors (Lipinski definition) is 5. The number of rotatable bonds is 5. The third kappa shape index (κ3) is 4.02. The molecule has 1 aliphatic heterocycles. The molecule has 1 N–H and O–H groups in total. The van der Waals surface area contributed by atoms with E-state index in [2.05, 4.69) is 15.5 Å². The molecule has 6 nitrogen and oxygen atoms in total. The molecule has 1 aromatic rings. The van der Waals surface area contributed by atoms with Gasteiger partial charge < -0.3 is 14.7 Å². The summed E-state index contributed by atoms with van der Waals surface area (Å²) in [6.07, 6.45) is 4.14. The summed E-state index contributed by atoms with van der Waals surface area (Å²) in [6.45, 7) is 6.17. The monoisotopic (exact) mass is 266 g/mol. The summed E-state index contributed by atoms with van der Waals surface area (Å²) >= 11 is 0. The normalized spacial score (nSPS) is 17.5. The Kier molecular flexibility index (Phi) is 4.90. The first-order chi connectivity index (χ1) is 9.16. The van der Waals surface area contributed by atoms with Gasteiger partial charge in [-0.3, -0.25) is 4.79 Å². The standard InChI is InChI=1S/C13H22N4O2/c1-10(13(18)17-8-4-3-5-9-17)14-7-6-12-15-11(2)16-19-12/h10,14H,3-9H2,1-2H3. The number of piperidine rings is 1. The summed E-state index contributed by atoms with van der Waals surface area (Å²) in [5, 5.41) is 6.95. The van der Waals surface area contributed by atoms with Gasteiger partial charge in [0.05, 0.1) is 6.04 Å². The summed E-state index contributed by atoms with van der Waals surface area (Å²) in [4.78, 5) is 18.2. The maximum absolute atomic E-state index is 12.2. The molecular formula is C13H22N4O2. The van der Waals surface area contributed by atoms with Gasteiger partial charge in [-0.2, -0.15) is 4.98 Å². The number of likely N-dealkylation sites (tertiary alicyclic amines) is 1. The quantitative estimate of drug-likeness (QED) is 0.857. The van der Waals surface area contributed by atoms with Crippen molar-refractivity contribution in [3.05, 3.63) is 11.7 Å². The number of carbonyl (C=O) groups is 1. The van der Waals surface area contributed by atoms with E-state index in [1.54, 1.807) is 6.92 Å². The number of aromatic nitrogens is 2. The maximum Gasteiger partial charge on any atom is 0.239 e. The van der Waals surface area contributed by atoms with Gasteiger partial charge in [-0.05, 0) is 33.1 Å². The van der Waals surface area contributed by atoms with Gasteiger partial charge in [0.15, 0.2) is 5.82 Å². The lowest BCUT2D eigenvalue weighted by Gasteiger charge is -2.29. The highest BCUT2D eigenvalue weighted by Gasteiger charge is 2.21. The van der Waals surface area contributed by atoms with E-state index in [1.165, 1.54) is 6.42 Å². The Morgan fingerprint density at radius 1 is 1.42 bits per heavy atom. The highest BCUT2D eigenvalue weighted by atomic mass is 16.5. The van der Waals surface area contributed by atoms with Crippen LogP contribution in [0.5, 0.6) is 0 Å². The van der Waals surface area contributed by atoms with Crippen LogP contribution < -0.4 is 5.32 Å². The van der Waals surface area contributed by atoms with Crippen molar-refractivity contribution in [1.29, 1.82) is 0 Å². The Labute approximate surface area is 113 Å². The summed E-state index contributed by atoms with van der Waals surface area (Å²) in [7, 11) is 0. The van der Waals surface area contributed by atoms with Crippen molar-refractivity contribution in [3.8, 4) is 0 Å². The second kappa shape index (κ2) is 6.65. The molecule has 0 aromatic carbocycles. The predicted octanol–water partition coefficient (Wildman–Crippen LogP) is 0.911. The van der Waals surface area contributed by atoms with Gasteiger partial charge in [0.1, 0.15) is 0 Å². The van der Waals surface area contributed by atoms with Crippen LogP contribution in [0, 0.1) is 6.92 Å². The third-order valence-electron chi connectivity index (χ3n) is 3.40. The minimum atomic E-state index is -0.151. The van der Waals surface area contributed by atoms with Crippen LogP contribution in [-0.2, 0) is 11.2 Å². The minimum absolute atomic E-state index is 0.151. The Balaban J connectivity index is 1.71. The first-order valence-electron chi connectivity index (χ1n) is 6.98. The SMILES string of the molecule is Cc1noc(CCNC(C)C(=O)N2CCCCC2)n1. The van der Waals surface area contributed by atoms with Crippen LogP contribution >= 0.6 is 0 Å². The Morgan fingerprint density at radius 3 is 2.79 bits per heavy atom. The number of hydrogen-bond donors (Lipinski definition) is 1. The van der Waals surface area contributed by atoms with E-state index in [9.17, 15) is 4.79 Å². The zero-order chi connectivity index (χ0) is 13.7. The fourth-order valence-corrected chi connectivity index (χ4v) is 2.31. The van der Waals surface area contributed by atoms with E-state index in [1.807, 2.05) is 11.8 Å². The molecule has 1 amide bonds. The van der Waals surface area contributed by atoms with E-state index in [-0.39, 0.29) is 11.9 Å². The average Bonchev–Trinajstić information content (AvgIpc) is 2.84. The largest absolute Gasteiger partial charge is 0.341 e. The number of nitrogens with one attached hydrogen (secondary N) is 1. The fraction of sp³-hybridized carbons (Fsp3) is 0.769. The van der Waals surface area contributed by atoms with Crippen LogP contribution in [0.25, 0.3) is 0 Å². The van der Waals surface area contributed by atoms with E-state index in [0.29, 0.717) is 24.7 Å². The molecule has 106 valence electrons. The zero-order valence-corrected chi connectivity index (χ0v) is 11.7. The van der Waals surface area contributed by atoms with Crippen LogP contribution in [0.3, 0.4) is 0 Å². The van der Waals surface area contributed by atoms with Crippen molar-refractivity contribution >= 4 is 5.91 Å². The fourth-order valence-electron chi connectivity index (χ4n) is 2.31. The molecule has 2 rings (SSSR count). The van der Waals surface area contributed by atoms with Gasteiger partial charge in [0.25, 0.3) is 0 Å². The molecule has 0 radical (unpaired) electrons. The smallest absolute Gasteiger partial charge is 0.239 e. The average molecular weight is 266 g/mol. The summed E-state index contributed by atoms with van der Waals surface area (Å²) in [6, 6.07) is -0.151. The van der Waals surface area contributed by atoms with Gasteiger partial charge in [-0.1, -0.05) is 5.16 Å². The molecule has 0 bridgehead atoms. The molecule has 1 atom stereocenters. The van der Waals surface area contributed by atoms with E-state index in [0.717, 1.165) is 25.9 Å². The Hall–Kier alpha value is -1.43. The lowest BCUT2D eigenvalue weighted by molar-refractivity contribution is -0.133. The van der Waals surface area contributed by atoms with Crippen molar-refractivity contribution in [2.45, 2.75) is 45.6 Å². The second-order valence-electron chi connectivity index (χ2n) is 5.05. The highest BCUT2D eigenvalue weighted by Crippen LogP contribution is 2.09. The molecule has 1 unspecified atom stereocenters. The molecule has 0 saturated carbocycles. The van der Waals surface area contributed by atoms with Gasteiger partial charge in [0.2, 0.25) is 11.8 Å². The molecule has 0 spiro atoms. The lowest BCUT2D eigenvalue weighted by Crippen LogP contribution is -2.47. The van der Waals surface area contributed by atoms with Crippen LogP contribution in [0.15, 0.2) is 4.52 Å². The lowest BCUT2D eigenvalue weighted by atomic mass is 10.1. The summed E-state index contributed by atoms with van der Waals surface area (Å²) < 4.78 is 5.03. The van der Waals surface area contributed by atoms with Crippen molar-refractivity contribution in [2.24, 2.45) is 0 Å². The van der Waals surface area contributed by atoms with Crippen molar-refractivity contribution < 1.29 is 9.32 Å². The molecule has 0 aliphatic carbocycles. The molecule has 1 aromatic heterocycles. The summed E-state index contributed by atoms with van der Waals surface area (Å²) in [5.74, 6) is 1.46. The molecule has 2 heterocycles. The first-order valence-corrected chi connectivity index (χ1v) is 6.98. The maximum atomic E-state index is 12.2. The molecule has 6 heteroatoms. The molecule has 1 aliphatic rings. The van der Waals surface area contributed by atoms with Gasteiger partial charge in [-0.25, -0.2) is 0 Å². The van der Waals surface area contributed by atoms with Crippen molar-refractivity contribution in [1.82, 2.24) is 20.4 Å². The van der Waals surface area contributed by atoms with Crippen LogP contribution in [0.1, 0.15) is 37.9 Å². The number of amides is 1.